The molecule has 0 aliphatic heterocycles. The molecule has 3 rings (SSSR count). The second-order valence-corrected chi connectivity index (χ2v) is 7.06. The zero-order valence-corrected chi connectivity index (χ0v) is 16.2. The van der Waals surface area contributed by atoms with E-state index in [-0.39, 0.29) is 12.5 Å². The maximum atomic E-state index is 12.2. The van der Waals surface area contributed by atoms with Crippen molar-refractivity contribution in [2.45, 2.75) is 27.4 Å². The van der Waals surface area contributed by atoms with Gasteiger partial charge in [0.25, 0.3) is 0 Å². The van der Waals surface area contributed by atoms with Gasteiger partial charge < -0.3 is 4.74 Å². The molecule has 0 radical (unpaired) electrons. The minimum atomic E-state index is -0.0930. The minimum Gasteiger partial charge on any atom is -0.487 e. The molecule has 1 aromatic heterocycles. The molecule has 0 aliphatic carbocycles. The number of amides is 1. The summed E-state index contributed by atoms with van der Waals surface area (Å²) in [6.45, 7) is 5.88. The van der Waals surface area contributed by atoms with Gasteiger partial charge in [-0.05, 0) is 61.4 Å². The van der Waals surface area contributed by atoms with Crippen molar-refractivity contribution < 1.29 is 14.3 Å². The maximum Gasteiger partial charge on any atom is 0.230 e. The van der Waals surface area contributed by atoms with Crippen molar-refractivity contribution in [2.24, 2.45) is 0 Å². The van der Waals surface area contributed by atoms with E-state index in [1.54, 1.807) is 29.2 Å². The molecule has 0 saturated carbocycles. The third-order valence-electron chi connectivity index (χ3n) is 4.20. The first kappa shape index (κ1) is 18.8. The fraction of sp³-hybridized carbons (Fsp3) is 0.190. The molecule has 0 N–H and O–H groups in total. The van der Waals surface area contributed by atoms with E-state index in [1.165, 1.54) is 23.8 Å². The summed E-state index contributed by atoms with van der Waals surface area (Å²) in [5, 5.41) is 2.49. The second kappa shape index (κ2) is 8.14. The number of hydrogen-bond donors (Lipinski definition) is 0. The van der Waals surface area contributed by atoms with Crippen molar-refractivity contribution in [2.75, 3.05) is 4.90 Å². The summed E-state index contributed by atoms with van der Waals surface area (Å²) in [4.78, 5) is 29.1. The average molecular weight is 380 g/mol. The van der Waals surface area contributed by atoms with Crippen LogP contribution in [-0.2, 0) is 11.4 Å². The SMILES string of the molecule is CC(=O)N(c1ccc(C)c(C)c1)c1nc(COc2ccc(C=O)cc2)cs1. The molecule has 0 atom stereocenters. The van der Waals surface area contributed by atoms with Crippen molar-refractivity contribution in [3.8, 4) is 5.75 Å². The molecular weight excluding hydrogens is 360 g/mol. The Morgan fingerprint density at radius 2 is 1.89 bits per heavy atom. The number of benzene rings is 2. The molecule has 0 saturated heterocycles. The predicted molar refractivity (Wildman–Crippen MR) is 107 cm³/mol. The number of thiazole rings is 1. The Hall–Kier alpha value is -2.99. The first-order valence-corrected chi connectivity index (χ1v) is 9.36. The fourth-order valence-electron chi connectivity index (χ4n) is 2.56. The zero-order valence-electron chi connectivity index (χ0n) is 15.4. The number of aromatic nitrogens is 1. The highest BCUT2D eigenvalue weighted by atomic mass is 32.1. The molecule has 2 aromatic carbocycles. The van der Waals surface area contributed by atoms with Crippen LogP contribution in [0.1, 0.15) is 34.1 Å². The normalized spacial score (nSPS) is 10.5. The van der Waals surface area contributed by atoms with Gasteiger partial charge in [-0.2, -0.15) is 0 Å². The zero-order chi connectivity index (χ0) is 19.4. The molecule has 138 valence electrons. The van der Waals surface area contributed by atoms with Crippen LogP contribution in [0.5, 0.6) is 5.75 Å². The minimum absolute atomic E-state index is 0.0930. The highest BCUT2D eigenvalue weighted by Gasteiger charge is 2.18. The van der Waals surface area contributed by atoms with Gasteiger partial charge in [0.05, 0.1) is 11.4 Å². The topological polar surface area (TPSA) is 59.5 Å². The van der Waals surface area contributed by atoms with Crippen LogP contribution in [-0.4, -0.2) is 17.2 Å². The first-order valence-electron chi connectivity index (χ1n) is 8.48. The van der Waals surface area contributed by atoms with E-state index in [1.807, 2.05) is 37.4 Å². The highest BCUT2D eigenvalue weighted by Crippen LogP contribution is 2.30. The molecule has 0 spiro atoms. The highest BCUT2D eigenvalue weighted by molar-refractivity contribution is 7.14. The van der Waals surface area contributed by atoms with E-state index < -0.39 is 0 Å². The van der Waals surface area contributed by atoms with Crippen LogP contribution in [0.15, 0.2) is 47.8 Å². The monoisotopic (exact) mass is 380 g/mol. The first-order chi connectivity index (χ1) is 13.0. The van der Waals surface area contributed by atoms with Crippen LogP contribution >= 0.6 is 11.3 Å². The van der Waals surface area contributed by atoms with Crippen LogP contribution in [0.25, 0.3) is 0 Å². The van der Waals surface area contributed by atoms with Gasteiger partial charge in [-0.15, -0.1) is 11.3 Å². The van der Waals surface area contributed by atoms with Crippen LogP contribution in [0.4, 0.5) is 10.8 Å². The molecule has 27 heavy (non-hydrogen) atoms. The van der Waals surface area contributed by atoms with Crippen LogP contribution in [0, 0.1) is 13.8 Å². The van der Waals surface area contributed by atoms with Gasteiger partial charge in [-0.25, -0.2) is 4.98 Å². The Bertz CT molecular complexity index is 964. The van der Waals surface area contributed by atoms with Crippen molar-refractivity contribution in [1.82, 2.24) is 4.98 Å². The molecule has 0 aliphatic rings. The van der Waals surface area contributed by atoms with Crippen molar-refractivity contribution >= 4 is 34.3 Å². The summed E-state index contributed by atoms with van der Waals surface area (Å²) < 4.78 is 5.71. The van der Waals surface area contributed by atoms with Gasteiger partial charge in [-0.3, -0.25) is 14.5 Å². The molecule has 6 heteroatoms. The van der Waals surface area contributed by atoms with E-state index in [0.29, 0.717) is 16.4 Å². The summed E-state index contributed by atoms with van der Waals surface area (Å²) >= 11 is 1.40. The summed E-state index contributed by atoms with van der Waals surface area (Å²) in [5.41, 5.74) is 4.44. The number of carbonyl (C=O) groups excluding carboxylic acids is 2. The van der Waals surface area contributed by atoms with E-state index >= 15 is 0 Å². The third-order valence-corrected chi connectivity index (χ3v) is 5.07. The number of rotatable bonds is 6. The number of carbonyl (C=O) groups is 2. The standard InChI is InChI=1S/C21H20N2O3S/c1-14-4-7-19(10-15(14)2)23(16(3)25)21-22-18(13-27-21)12-26-20-8-5-17(11-24)6-9-20/h4-11,13H,12H2,1-3H3. The third kappa shape index (κ3) is 4.41. The Morgan fingerprint density at radius 1 is 1.15 bits per heavy atom. The van der Waals surface area contributed by atoms with E-state index in [4.69, 9.17) is 4.74 Å². The van der Waals surface area contributed by atoms with Gasteiger partial charge in [0, 0.05) is 17.9 Å². The van der Waals surface area contributed by atoms with E-state index in [2.05, 4.69) is 4.98 Å². The smallest absolute Gasteiger partial charge is 0.230 e. The van der Waals surface area contributed by atoms with E-state index in [0.717, 1.165) is 23.2 Å². The van der Waals surface area contributed by atoms with Crippen molar-refractivity contribution in [3.63, 3.8) is 0 Å². The lowest BCUT2D eigenvalue weighted by Gasteiger charge is -2.19. The molecule has 0 unspecified atom stereocenters. The molecular formula is C21H20N2O3S. The second-order valence-electron chi connectivity index (χ2n) is 6.22. The Morgan fingerprint density at radius 3 is 2.52 bits per heavy atom. The average Bonchev–Trinajstić information content (AvgIpc) is 3.11. The largest absolute Gasteiger partial charge is 0.487 e. The lowest BCUT2D eigenvalue weighted by Crippen LogP contribution is -2.22. The fourth-order valence-corrected chi connectivity index (χ4v) is 3.43. The molecule has 5 nitrogen and oxygen atoms in total. The van der Waals surface area contributed by atoms with Crippen molar-refractivity contribution in [1.29, 1.82) is 0 Å². The van der Waals surface area contributed by atoms with Crippen LogP contribution in [0.2, 0.25) is 0 Å². The Labute approximate surface area is 162 Å². The molecule has 0 bridgehead atoms. The summed E-state index contributed by atoms with van der Waals surface area (Å²) in [6.07, 6.45) is 0.791. The predicted octanol–water partition coefficient (Wildman–Crippen LogP) is 4.84. The summed E-state index contributed by atoms with van der Waals surface area (Å²) in [6, 6.07) is 12.8. The molecule has 3 aromatic rings. The molecule has 0 fully saturated rings. The van der Waals surface area contributed by atoms with Gasteiger partial charge in [0.2, 0.25) is 5.91 Å². The quantitative estimate of drug-likeness (QED) is 0.574. The summed E-state index contributed by atoms with van der Waals surface area (Å²) in [5.74, 6) is 0.567. The lowest BCUT2D eigenvalue weighted by molar-refractivity contribution is -0.115. The number of anilines is 2. The number of aldehydes is 1. The van der Waals surface area contributed by atoms with Gasteiger partial charge in [-0.1, -0.05) is 6.07 Å². The van der Waals surface area contributed by atoms with E-state index in [9.17, 15) is 9.59 Å². The Balaban J connectivity index is 1.76. The maximum absolute atomic E-state index is 12.2. The Kier molecular flexibility index (Phi) is 5.66. The number of nitrogens with zero attached hydrogens (tertiary/aromatic N) is 2. The van der Waals surface area contributed by atoms with Gasteiger partial charge in [0.1, 0.15) is 18.6 Å². The number of ether oxygens (including phenoxy) is 1. The lowest BCUT2D eigenvalue weighted by atomic mass is 10.1. The number of aryl methyl sites for hydroxylation is 2. The summed E-state index contributed by atoms with van der Waals surface area (Å²) in [7, 11) is 0. The van der Waals surface area contributed by atoms with Crippen LogP contribution in [0.3, 0.4) is 0 Å². The molecule has 1 amide bonds. The van der Waals surface area contributed by atoms with Gasteiger partial charge in [0.15, 0.2) is 5.13 Å². The number of hydrogen-bond acceptors (Lipinski definition) is 5. The van der Waals surface area contributed by atoms with Crippen LogP contribution < -0.4 is 9.64 Å². The van der Waals surface area contributed by atoms with Gasteiger partial charge >= 0.3 is 0 Å². The molecule has 1 heterocycles. The van der Waals surface area contributed by atoms with Crippen molar-refractivity contribution in [3.05, 3.63) is 70.2 Å².